The molecule has 1 atom stereocenters. The third-order valence-corrected chi connectivity index (χ3v) is 6.88. The van der Waals surface area contributed by atoms with Gasteiger partial charge in [-0.25, -0.2) is 4.79 Å². The van der Waals surface area contributed by atoms with Crippen molar-refractivity contribution >= 4 is 28.9 Å². The zero-order chi connectivity index (χ0) is 19.0. The zero-order valence-corrected chi connectivity index (χ0v) is 16.7. The summed E-state index contributed by atoms with van der Waals surface area (Å²) in [4.78, 5) is 26.7. The number of urea groups is 1. The number of anilines is 1. The van der Waals surface area contributed by atoms with Crippen molar-refractivity contribution in [3.05, 3.63) is 46.9 Å². The van der Waals surface area contributed by atoms with Gasteiger partial charge >= 0.3 is 6.03 Å². The van der Waals surface area contributed by atoms with E-state index >= 15 is 0 Å². The molecule has 1 saturated carbocycles. The molecular formula is C21H25N5OS. The maximum atomic E-state index is 13.0. The third kappa shape index (κ3) is 3.12. The minimum atomic E-state index is -0.418. The SMILES string of the molecule is O=C1NC(=NC2CCCC2)C2(CCN(Cc3ccsc3)C2)N1c1cccnc1. The standard InChI is InChI=1S/C21H25N5OS/c27-20-24-19(23-17-4-1-2-5-17)21(26(20)18-6-3-9-22-12-18)8-10-25(15-21)13-16-7-11-28-14-16/h3,6-7,9,11-12,14,17H,1-2,4-5,8,10,13,15H2,(H,23,24,27). The minimum Gasteiger partial charge on any atom is -0.296 e. The number of hydrogen-bond donors (Lipinski definition) is 1. The Morgan fingerprint density at radius 3 is 2.96 bits per heavy atom. The molecule has 2 saturated heterocycles. The van der Waals surface area contributed by atoms with Gasteiger partial charge < -0.3 is 0 Å². The Morgan fingerprint density at radius 2 is 2.21 bits per heavy atom. The van der Waals surface area contributed by atoms with E-state index in [0.29, 0.717) is 6.04 Å². The molecule has 3 fully saturated rings. The van der Waals surface area contributed by atoms with Crippen LogP contribution in [0, 0.1) is 0 Å². The molecule has 1 aliphatic carbocycles. The summed E-state index contributed by atoms with van der Waals surface area (Å²) in [5, 5.41) is 7.45. The highest BCUT2D eigenvalue weighted by Crippen LogP contribution is 2.38. The molecule has 2 aliphatic heterocycles. The number of amidine groups is 1. The van der Waals surface area contributed by atoms with E-state index in [2.05, 4.69) is 32.0 Å². The van der Waals surface area contributed by atoms with Gasteiger partial charge in [0, 0.05) is 25.8 Å². The van der Waals surface area contributed by atoms with Crippen molar-refractivity contribution in [3.63, 3.8) is 0 Å². The lowest BCUT2D eigenvalue weighted by molar-refractivity contribution is 0.250. The Morgan fingerprint density at radius 1 is 1.32 bits per heavy atom. The zero-order valence-electron chi connectivity index (χ0n) is 15.9. The predicted octanol–water partition coefficient (Wildman–Crippen LogP) is 3.66. The van der Waals surface area contributed by atoms with Crippen LogP contribution in [0.1, 0.15) is 37.7 Å². The number of amides is 2. The van der Waals surface area contributed by atoms with Crippen LogP contribution in [0.5, 0.6) is 0 Å². The van der Waals surface area contributed by atoms with Crippen LogP contribution in [-0.4, -0.2) is 46.4 Å². The number of thiophene rings is 1. The van der Waals surface area contributed by atoms with Crippen molar-refractivity contribution in [2.45, 2.75) is 50.2 Å². The maximum Gasteiger partial charge on any atom is 0.328 e. The van der Waals surface area contributed by atoms with Crippen LogP contribution in [0.3, 0.4) is 0 Å². The van der Waals surface area contributed by atoms with Crippen LogP contribution in [0.4, 0.5) is 10.5 Å². The van der Waals surface area contributed by atoms with Gasteiger partial charge in [0.2, 0.25) is 0 Å². The molecule has 2 aromatic heterocycles. The number of likely N-dealkylation sites (tertiary alicyclic amines) is 1. The lowest BCUT2D eigenvalue weighted by atomic mass is 9.95. The Balaban J connectivity index is 1.49. The van der Waals surface area contributed by atoms with E-state index < -0.39 is 5.54 Å². The third-order valence-electron chi connectivity index (χ3n) is 6.15. The summed E-state index contributed by atoms with van der Waals surface area (Å²) >= 11 is 1.73. The first-order chi connectivity index (χ1) is 13.7. The molecule has 1 unspecified atom stereocenters. The molecule has 146 valence electrons. The van der Waals surface area contributed by atoms with Crippen molar-refractivity contribution in [1.29, 1.82) is 0 Å². The number of carbonyl (C=O) groups excluding carboxylic acids is 1. The first-order valence-corrected chi connectivity index (χ1v) is 11.0. The van der Waals surface area contributed by atoms with E-state index in [-0.39, 0.29) is 6.03 Å². The van der Waals surface area contributed by atoms with E-state index in [0.717, 1.165) is 50.4 Å². The summed E-state index contributed by atoms with van der Waals surface area (Å²) in [6.07, 6.45) is 9.13. The van der Waals surface area contributed by atoms with Gasteiger partial charge in [-0.15, -0.1) is 0 Å². The molecule has 1 N–H and O–H groups in total. The Bertz CT molecular complexity index is 862. The molecule has 7 heteroatoms. The highest BCUT2D eigenvalue weighted by molar-refractivity contribution is 7.07. The average molecular weight is 396 g/mol. The van der Waals surface area contributed by atoms with Gasteiger partial charge in [-0.3, -0.25) is 25.1 Å². The summed E-state index contributed by atoms with van der Waals surface area (Å²) in [5.74, 6) is 0.862. The number of hydrogen-bond acceptors (Lipinski definition) is 5. The molecule has 4 heterocycles. The van der Waals surface area contributed by atoms with Crippen molar-refractivity contribution in [2.75, 3.05) is 18.0 Å². The van der Waals surface area contributed by atoms with Crippen LogP contribution in [0.25, 0.3) is 0 Å². The monoisotopic (exact) mass is 395 g/mol. The number of rotatable bonds is 4. The summed E-state index contributed by atoms with van der Waals surface area (Å²) in [6.45, 7) is 2.66. The first-order valence-electron chi connectivity index (χ1n) is 10.1. The van der Waals surface area contributed by atoms with Gasteiger partial charge in [0.15, 0.2) is 0 Å². The minimum absolute atomic E-state index is 0.0814. The van der Waals surface area contributed by atoms with Crippen LogP contribution in [0.2, 0.25) is 0 Å². The fourth-order valence-electron chi connectivity index (χ4n) is 4.82. The second-order valence-corrected chi connectivity index (χ2v) is 8.80. The first kappa shape index (κ1) is 17.8. The molecule has 6 nitrogen and oxygen atoms in total. The number of carbonyl (C=O) groups is 1. The molecular weight excluding hydrogens is 370 g/mol. The maximum absolute atomic E-state index is 13.0. The van der Waals surface area contributed by atoms with Gasteiger partial charge in [-0.1, -0.05) is 12.8 Å². The lowest BCUT2D eigenvalue weighted by Gasteiger charge is -2.33. The van der Waals surface area contributed by atoms with Gasteiger partial charge in [-0.2, -0.15) is 11.3 Å². The second-order valence-electron chi connectivity index (χ2n) is 8.02. The van der Waals surface area contributed by atoms with E-state index in [4.69, 9.17) is 4.99 Å². The molecule has 28 heavy (non-hydrogen) atoms. The Labute approximate surface area is 169 Å². The quantitative estimate of drug-likeness (QED) is 0.859. The fraction of sp³-hybridized carbons (Fsp3) is 0.476. The smallest absolute Gasteiger partial charge is 0.296 e. The summed E-state index contributed by atoms with van der Waals surface area (Å²) in [7, 11) is 0. The molecule has 3 aliphatic rings. The average Bonchev–Trinajstić information content (AvgIpc) is 3.48. The second kappa shape index (κ2) is 7.29. The summed E-state index contributed by atoms with van der Waals surface area (Å²) in [6, 6.07) is 6.30. The fourth-order valence-corrected chi connectivity index (χ4v) is 5.48. The largest absolute Gasteiger partial charge is 0.328 e. The summed E-state index contributed by atoms with van der Waals surface area (Å²) in [5.41, 5.74) is 1.76. The van der Waals surface area contributed by atoms with Crippen molar-refractivity contribution in [1.82, 2.24) is 15.2 Å². The van der Waals surface area contributed by atoms with Gasteiger partial charge in [0.25, 0.3) is 0 Å². The van der Waals surface area contributed by atoms with Crippen molar-refractivity contribution < 1.29 is 4.79 Å². The van der Waals surface area contributed by atoms with E-state index in [1.807, 2.05) is 17.0 Å². The molecule has 0 radical (unpaired) electrons. The lowest BCUT2D eigenvalue weighted by Crippen LogP contribution is -2.52. The van der Waals surface area contributed by atoms with Crippen LogP contribution >= 0.6 is 11.3 Å². The number of aliphatic imine (C=N–C) groups is 1. The van der Waals surface area contributed by atoms with Gasteiger partial charge in [0.05, 0.1) is 17.9 Å². The van der Waals surface area contributed by atoms with Crippen molar-refractivity contribution in [2.24, 2.45) is 4.99 Å². The summed E-state index contributed by atoms with van der Waals surface area (Å²) < 4.78 is 0. The molecule has 5 rings (SSSR count). The highest BCUT2D eigenvalue weighted by atomic mass is 32.1. The molecule has 1 spiro atoms. The van der Waals surface area contributed by atoms with Crippen molar-refractivity contribution in [3.8, 4) is 0 Å². The number of aromatic nitrogens is 1. The van der Waals surface area contributed by atoms with E-state index in [1.54, 1.807) is 23.7 Å². The van der Waals surface area contributed by atoms with E-state index in [9.17, 15) is 4.79 Å². The number of nitrogens with zero attached hydrogens (tertiary/aromatic N) is 4. The Kier molecular flexibility index (Phi) is 4.64. The van der Waals surface area contributed by atoms with Crippen LogP contribution < -0.4 is 10.2 Å². The van der Waals surface area contributed by atoms with Crippen LogP contribution in [-0.2, 0) is 6.54 Å². The molecule has 0 aromatic carbocycles. The highest BCUT2D eigenvalue weighted by Gasteiger charge is 2.55. The number of nitrogens with one attached hydrogen (secondary N) is 1. The topological polar surface area (TPSA) is 60.8 Å². The van der Waals surface area contributed by atoms with Crippen LogP contribution in [0.15, 0.2) is 46.3 Å². The van der Waals surface area contributed by atoms with Gasteiger partial charge in [-0.05, 0) is 53.8 Å². The molecule has 2 aromatic rings. The number of pyridine rings is 1. The Hall–Kier alpha value is -2.25. The molecule has 2 amide bonds. The normalized spacial score (nSPS) is 27.4. The van der Waals surface area contributed by atoms with E-state index in [1.165, 1.54) is 18.4 Å². The molecule has 0 bridgehead atoms. The van der Waals surface area contributed by atoms with Gasteiger partial charge in [0.1, 0.15) is 11.4 Å². The predicted molar refractivity (Wildman–Crippen MR) is 112 cm³/mol.